The molecule has 0 aromatic carbocycles. The van der Waals surface area contributed by atoms with E-state index in [1.54, 1.807) is 0 Å². The van der Waals surface area contributed by atoms with Gasteiger partial charge in [-0.25, -0.2) is 4.98 Å². The van der Waals surface area contributed by atoms with E-state index in [0.717, 1.165) is 11.5 Å². The van der Waals surface area contributed by atoms with Crippen molar-refractivity contribution in [1.29, 1.82) is 0 Å². The van der Waals surface area contributed by atoms with Crippen LogP contribution in [-0.2, 0) is 6.54 Å². The van der Waals surface area contributed by atoms with Gasteiger partial charge in [0.2, 0.25) is 0 Å². The molecule has 0 bridgehead atoms. The number of hydrogen-bond donors (Lipinski definition) is 1. The summed E-state index contributed by atoms with van der Waals surface area (Å²) < 4.78 is 0. The first-order valence-electron chi connectivity index (χ1n) is 5.45. The van der Waals surface area contributed by atoms with Gasteiger partial charge in [-0.15, -0.1) is 0 Å². The molecule has 0 aliphatic carbocycles. The van der Waals surface area contributed by atoms with Gasteiger partial charge in [0.25, 0.3) is 0 Å². The van der Waals surface area contributed by atoms with E-state index >= 15 is 0 Å². The SMILES string of the molecule is CC(C)C(C)N(C)c1cccc(CN)n1. The maximum Gasteiger partial charge on any atom is 0.128 e. The van der Waals surface area contributed by atoms with Gasteiger partial charge in [-0.05, 0) is 25.0 Å². The summed E-state index contributed by atoms with van der Waals surface area (Å²) in [5.74, 6) is 1.61. The zero-order chi connectivity index (χ0) is 11.4. The molecule has 0 fully saturated rings. The maximum absolute atomic E-state index is 5.57. The fraction of sp³-hybridized carbons (Fsp3) is 0.583. The molecule has 15 heavy (non-hydrogen) atoms. The van der Waals surface area contributed by atoms with Crippen LogP contribution in [0.25, 0.3) is 0 Å². The van der Waals surface area contributed by atoms with Crippen molar-refractivity contribution in [2.75, 3.05) is 11.9 Å². The summed E-state index contributed by atoms with van der Waals surface area (Å²) in [6.45, 7) is 7.14. The Labute approximate surface area is 92.3 Å². The first kappa shape index (κ1) is 12.0. The molecule has 0 radical (unpaired) electrons. The highest BCUT2D eigenvalue weighted by molar-refractivity contribution is 5.39. The summed E-state index contributed by atoms with van der Waals surface area (Å²) >= 11 is 0. The molecule has 3 nitrogen and oxygen atoms in total. The predicted octanol–water partition coefficient (Wildman–Crippen LogP) is 2.02. The molecular formula is C12H21N3. The van der Waals surface area contributed by atoms with E-state index in [-0.39, 0.29) is 0 Å². The molecule has 0 amide bonds. The van der Waals surface area contributed by atoms with Crippen LogP contribution in [0.15, 0.2) is 18.2 Å². The van der Waals surface area contributed by atoms with Crippen LogP contribution in [0.1, 0.15) is 26.5 Å². The molecule has 1 heterocycles. The molecule has 1 rings (SSSR count). The fourth-order valence-electron chi connectivity index (χ4n) is 1.43. The van der Waals surface area contributed by atoms with Crippen LogP contribution >= 0.6 is 0 Å². The number of rotatable bonds is 4. The molecule has 2 N–H and O–H groups in total. The van der Waals surface area contributed by atoms with Crippen LogP contribution in [0.4, 0.5) is 5.82 Å². The Hall–Kier alpha value is -1.09. The van der Waals surface area contributed by atoms with E-state index in [0.29, 0.717) is 18.5 Å². The van der Waals surface area contributed by atoms with Crippen molar-refractivity contribution < 1.29 is 0 Å². The predicted molar refractivity (Wildman–Crippen MR) is 64.8 cm³/mol. The third-order valence-corrected chi connectivity index (χ3v) is 2.94. The first-order valence-corrected chi connectivity index (χ1v) is 5.45. The number of hydrogen-bond acceptors (Lipinski definition) is 3. The largest absolute Gasteiger partial charge is 0.357 e. The lowest BCUT2D eigenvalue weighted by molar-refractivity contribution is 0.502. The van der Waals surface area contributed by atoms with Gasteiger partial charge in [0.05, 0.1) is 5.69 Å². The van der Waals surface area contributed by atoms with Crippen LogP contribution in [0, 0.1) is 5.92 Å². The van der Waals surface area contributed by atoms with E-state index in [4.69, 9.17) is 5.73 Å². The second kappa shape index (κ2) is 5.12. The molecular weight excluding hydrogens is 186 g/mol. The highest BCUT2D eigenvalue weighted by atomic mass is 15.2. The Morgan fingerprint density at radius 3 is 2.53 bits per heavy atom. The molecule has 1 atom stereocenters. The van der Waals surface area contributed by atoms with Crippen LogP contribution in [-0.4, -0.2) is 18.1 Å². The van der Waals surface area contributed by atoms with Crippen molar-refractivity contribution >= 4 is 5.82 Å². The lowest BCUT2D eigenvalue weighted by Gasteiger charge is -2.29. The monoisotopic (exact) mass is 207 g/mol. The normalized spacial score (nSPS) is 12.9. The molecule has 0 saturated heterocycles. The molecule has 0 aliphatic heterocycles. The molecule has 0 aliphatic rings. The third-order valence-electron chi connectivity index (χ3n) is 2.94. The summed E-state index contributed by atoms with van der Waals surface area (Å²) in [6, 6.07) is 6.47. The van der Waals surface area contributed by atoms with E-state index in [1.165, 1.54) is 0 Å². The smallest absolute Gasteiger partial charge is 0.128 e. The van der Waals surface area contributed by atoms with E-state index in [9.17, 15) is 0 Å². The van der Waals surface area contributed by atoms with Gasteiger partial charge in [-0.2, -0.15) is 0 Å². The summed E-state index contributed by atoms with van der Waals surface area (Å²) in [4.78, 5) is 6.69. The Morgan fingerprint density at radius 2 is 2.00 bits per heavy atom. The van der Waals surface area contributed by atoms with Crippen molar-refractivity contribution in [3.8, 4) is 0 Å². The van der Waals surface area contributed by atoms with Crippen molar-refractivity contribution in [3.05, 3.63) is 23.9 Å². The second-order valence-corrected chi connectivity index (χ2v) is 4.29. The lowest BCUT2D eigenvalue weighted by Crippen LogP contribution is -2.33. The highest BCUT2D eigenvalue weighted by Gasteiger charge is 2.14. The minimum Gasteiger partial charge on any atom is -0.357 e. The van der Waals surface area contributed by atoms with Gasteiger partial charge in [0.15, 0.2) is 0 Å². The molecule has 1 aromatic heterocycles. The van der Waals surface area contributed by atoms with Crippen molar-refractivity contribution in [2.45, 2.75) is 33.4 Å². The Bertz CT molecular complexity index is 309. The van der Waals surface area contributed by atoms with Crippen molar-refractivity contribution in [2.24, 2.45) is 11.7 Å². The Morgan fingerprint density at radius 1 is 1.33 bits per heavy atom. The standard InChI is InChI=1S/C12H21N3/c1-9(2)10(3)15(4)12-7-5-6-11(8-13)14-12/h5-7,9-10H,8,13H2,1-4H3. The lowest BCUT2D eigenvalue weighted by atomic mass is 10.1. The van der Waals surface area contributed by atoms with Gasteiger partial charge in [0.1, 0.15) is 5.82 Å². The van der Waals surface area contributed by atoms with Gasteiger partial charge in [0, 0.05) is 19.6 Å². The molecule has 3 heteroatoms. The number of anilines is 1. The molecule has 0 saturated carbocycles. The molecule has 0 spiro atoms. The first-order chi connectivity index (χ1) is 7.06. The average Bonchev–Trinajstić information content (AvgIpc) is 2.27. The number of nitrogens with two attached hydrogens (primary N) is 1. The summed E-state index contributed by atoms with van der Waals surface area (Å²) in [5.41, 5.74) is 6.51. The highest BCUT2D eigenvalue weighted by Crippen LogP contribution is 2.16. The average molecular weight is 207 g/mol. The molecule has 84 valence electrons. The number of aromatic nitrogens is 1. The summed E-state index contributed by atoms with van der Waals surface area (Å²) in [5, 5.41) is 0. The topological polar surface area (TPSA) is 42.1 Å². The van der Waals surface area contributed by atoms with Crippen LogP contribution < -0.4 is 10.6 Å². The zero-order valence-electron chi connectivity index (χ0n) is 10.1. The Balaban J connectivity index is 2.85. The van der Waals surface area contributed by atoms with Gasteiger partial charge in [-0.1, -0.05) is 19.9 Å². The minimum absolute atomic E-state index is 0.477. The van der Waals surface area contributed by atoms with Gasteiger partial charge < -0.3 is 10.6 Å². The van der Waals surface area contributed by atoms with Crippen molar-refractivity contribution in [3.63, 3.8) is 0 Å². The number of pyridine rings is 1. The molecule has 1 unspecified atom stereocenters. The summed E-state index contributed by atoms with van der Waals surface area (Å²) in [7, 11) is 2.08. The Kier molecular flexibility index (Phi) is 4.09. The number of nitrogens with zero attached hydrogens (tertiary/aromatic N) is 2. The maximum atomic E-state index is 5.57. The fourth-order valence-corrected chi connectivity index (χ4v) is 1.43. The van der Waals surface area contributed by atoms with Crippen LogP contribution in [0.3, 0.4) is 0 Å². The summed E-state index contributed by atoms with van der Waals surface area (Å²) in [6.07, 6.45) is 0. The second-order valence-electron chi connectivity index (χ2n) is 4.29. The van der Waals surface area contributed by atoms with E-state index in [1.807, 2.05) is 18.2 Å². The van der Waals surface area contributed by atoms with Gasteiger partial charge >= 0.3 is 0 Å². The quantitative estimate of drug-likeness (QED) is 0.821. The van der Waals surface area contributed by atoms with E-state index < -0.39 is 0 Å². The van der Waals surface area contributed by atoms with Crippen LogP contribution in [0.2, 0.25) is 0 Å². The van der Waals surface area contributed by atoms with E-state index in [2.05, 4.69) is 37.7 Å². The van der Waals surface area contributed by atoms with Crippen molar-refractivity contribution in [1.82, 2.24) is 4.98 Å². The van der Waals surface area contributed by atoms with Gasteiger partial charge in [-0.3, -0.25) is 0 Å². The third kappa shape index (κ3) is 2.93. The molecule has 1 aromatic rings. The van der Waals surface area contributed by atoms with Crippen LogP contribution in [0.5, 0.6) is 0 Å². The minimum atomic E-state index is 0.477. The zero-order valence-corrected chi connectivity index (χ0v) is 10.1.